The van der Waals surface area contributed by atoms with Crippen molar-refractivity contribution in [2.75, 3.05) is 25.0 Å². The van der Waals surface area contributed by atoms with Crippen LogP contribution in [0.15, 0.2) is 69.2 Å². The molecule has 0 amide bonds. The van der Waals surface area contributed by atoms with Crippen LogP contribution in [0.25, 0.3) is 6.08 Å². The van der Waals surface area contributed by atoms with Gasteiger partial charge in [0.15, 0.2) is 5.17 Å². The van der Waals surface area contributed by atoms with E-state index in [1.807, 2.05) is 38.2 Å². The highest BCUT2D eigenvalue weighted by molar-refractivity contribution is 8.17. The number of hydrogen-bond acceptors (Lipinski definition) is 9. The van der Waals surface area contributed by atoms with Gasteiger partial charge in [-0.1, -0.05) is 56.0 Å². The summed E-state index contributed by atoms with van der Waals surface area (Å²) in [6.45, 7) is 7.98. The monoisotopic (exact) mass is 553 g/mol. The van der Waals surface area contributed by atoms with E-state index in [-0.39, 0.29) is 23.5 Å². The molecule has 4 N–H and O–H groups in total. The fourth-order valence-corrected chi connectivity index (χ4v) is 7.92. The van der Waals surface area contributed by atoms with Crippen LogP contribution < -0.4 is 16.4 Å². The SMILES string of the molecule is CCC1CNCCN1S(=O)(=O)C1=CC(C)C(Nc2ncc(/C=C/C3=CCC4(C)N=C(N)SC4=C3)cn2)C=C1. The lowest BCUT2D eigenvalue weighted by Crippen LogP contribution is -2.53. The van der Waals surface area contributed by atoms with Gasteiger partial charge in [0, 0.05) is 48.5 Å². The molecule has 0 bridgehead atoms. The van der Waals surface area contributed by atoms with E-state index >= 15 is 0 Å². The second kappa shape index (κ2) is 10.8. The third kappa shape index (κ3) is 5.51. The summed E-state index contributed by atoms with van der Waals surface area (Å²) in [5, 5.41) is 7.23. The first kappa shape index (κ1) is 26.9. The van der Waals surface area contributed by atoms with Crippen LogP contribution in [0.3, 0.4) is 0 Å². The Morgan fingerprint density at radius 2 is 2.11 bits per heavy atom. The molecule has 5 rings (SSSR count). The van der Waals surface area contributed by atoms with Gasteiger partial charge >= 0.3 is 0 Å². The van der Waals surface area contributed by atoms with Crippen molar-refractivity contribution in [1.29, 1.82) is 0 Å². The third-order valence-electron chi connectivity index (χ3n) is 7.41. The molecule has 0 radical (unpaired) electrons. The zero-order valence-corrected chi connectivity index (χ0v) is 23.6. The Labute approximate surface area is 229 Å². The molecule has 0 saturated carbocycles. The normalized spacial score (nSPS) is 29.9. The lowest BCUT2D eigenvalue weighted by Gasteiger charge is -2.35. The average Bonchev–Trinajstić information content (AvgIpc) is 3.22. The van der Waals surface area contributed by atoms with Crippen LogP contribution in [-0.2, 0) is 10.0 Å². The van der Waals surface area contributed by atoms with Gasteiger partial charge in [-0.25, -0.2) is 18.4 Å². The molecule has 2 aliphatic carbocycles. The number of hydrogen-bond donors (Lipinski definition) is 3. The van der Waals surface area contributed by atoms with Gasteiger partial charge in [0.05, 0.1) is 16.5 Å². The molecule has 202 valence electrons. The Kier molecular flexibility index (Phi) is 7.63. The number of aromatic nitrogens is 2. The number of piperazine rings is 1. The highest BCUT2D eigenvalue weighted by Gasteiger charge is 2.36. The number of nitrogens with one attached hydrogen (secondary N) is 2. The topological polar surface area (TPSA) is 126 Å². The van der Waals surface area contributed by atoms with E-state index in [4.69, 9.17) is 5.73 Å². The number of amidine groups is 1. The smallest absolute Gasteiger partial charge is 0.243 e. The molecule has 9 nitrogen and oxygen atoms in total. The first-order valence-electron chi connectivity index (χ1n) is 13.0. The number of aliphatic imine (C=N–C) groups is 1. The summed E-state index contributed by atoms with van der Waals surface area (Å²) in [6.07, 6.45) is 18.9. The van der Waals surface area contributed by atoms with Gasteiger partial charge in [0.25, 0.3) is 0 Å². The van der Waals surface area contributed by atoms with Crippen molar-refractivity contribution in [3.8, 4) is 0 Å². The summed E-state index contributed by atoms with van der Waals surface area (Å²) in [5.41, 5.74) is 7.69. The van der Waals surface area contributed by atoms with Crippen molar-refractivity contribution >= 4 is 39.0 Å². The van der Waals surface area contributed by atoms with E-state index in [0.717, 1.165) is 24.0 Å². The van der Waals surface area contributed by atoms with Crippen molar-refractivity contribution in [2.24, 2.45) is 16.6 Å². The summed E-state index contributed by atoms with van der Waals surface area (Å²) in [5.74, 6) is 0.459. The molecule has 0 spiro atoms. The standard InChI is InChI=1S/C27H35N7O2S2/c1-4-21-17-29-11-12-34(21)38(35,36)22-7-8-23(18(2)13-22)32-26-30-15-20(16-31-26)6-5-19-9-10-27(3)24(14-19)37-25(28)33-27/h5-9,13-16,18,21,23,29H,4,10-12,17H2,1-3H3,(H2,28,33)(H,30,31,32)/b6-5+. The maximum Gasteiger partial charge on any atom is 0.243 e. The maximum atomic E-state index is 13.3. The van der Waals surface area contributed by atoms with Crippen molar-refractivity contribution in [3.63, 3.8) is 0 Å². The lowest BCUT2D eigenvalue weighted by atomic mass is 9.90. The summed E-state index contributed by atoms with van der Waals surface area (Å²) < 4.78 is 28.3. The van der Waals surface area contributed by atoms with Crippen LogP contribution in [-0.4, -0.2) is 65.1 Å². The Hall–Kier alpha value is -2.73. The van der Waals surface area contributed by atoms with Crippen LogP contribution in [0.2, 0.25) is 0 Å². The van der Waals surface area contributed by atoms with Gasteiger partial charge < -0.3 is 16.4 Å². The van der Waals surface area contributed by atoms with Crippen LogP contribution in [0, 0.1) is 5.92 Å². The lowest BCUT2D eigenvalue weighted by molar-refractivity contribution is 0.264. The average molecular weight is 554 g/mol. The largest absolute Gasteiger partial charge is 0.378 e. The quantitative estimate of drug-likeness (QED) is 0.469. The molecule has 0 aromatic carbocycles. The molecule has 1 fully saturated rings. The highest BCUT2D eigenvalue weighted by Crippen LogP contribution is 2.44. The molecule has 4 atom stereocenters. The molecule has 1 saturated heterocycles. The molecule has 3 heterocycles. The summed E-state index contributed by atoms with van der Waals surface area (Å²) in [4.78, 5) is 15.0. The third-order valence-corrected chi connectivity index (χ3v) is 10.5. The maximum absolute atomic E-state index is 13.3. The van der Waals surface area contributed by atoms with Gasteiger partial charge in [0.1, 0.15) is 0 Å². The van der Waals surface area contributed by atoms with Gasteiger partial charge in [-0.05, 0) is 43.4 Å². The van der Waals surface area contributed by atoms with E-state index in [0.29, 0.717) is 35.7 Å². The minimum atomic E-state index is -3.53. The second-order valence-electron chi connectivity index (χ2n) is 10.3. The molecular formula is C27H35N7O2S2. The van der Waals surface area contributed by atoms with E-state index in [2.05, 4.69) is 44.7 Å². The molecule has 38 heavy (non-hydrogen) atoms. The summed E-state index contributed by atoms with van der Waals surface area (Å²) >= 11 is 1.54. The molecular weight excluding hydrogens is 518 g/mol. The fourth-order valence-electron chi connectivity index (χ4n) is 5.04. The first-order chi connectivity index (χ1) is 18.2. The predicted octanol–water partition coefficient (Wildman–Crippen LogP) is 3.41. The molecule has 2 aliphatic heterocycles. The Morgan fingerprint density at radius 1 is 1.32 bits per heavy atom. The molecule has 1 aromatic heterocycles. The number of nitrogens with two attached hydrogens (primary N) is 1. The van der Waals surface area contributed by atoms with Gasteiger partial charge in [0.2, 0.25) is 16.0 Å². The van der Waals surface area contributed by atoms with Crippen molar-refractivity contribution in [3.05, 3.63) is 69.8 Å². The summed E-state index contributed by atoms with van der Waals surface area (Å²) in [7, 11) is -3.53. The Bertz CT molecular complexity index is 1360. The molecule has 1 aromatic rings. The zero-order valence-electron chi connectivity index (χ0n) is 22.0. The number of rotatable bonds is 7. The second-order valence-corrected chi connectivity index (χ2v) is 13.2. The van der Waals surface area contributed by atoms with Gasteiger partial charge in [-0.3, -0.25) is 4.99 Å². The predicted molar refractivity (Wildman–Crippen MR) is 156 cm³/mol. The van der Waals surface area contributed by atoms with E-state index in [9.17, 15) is 8.42 Å². The van der Waals surface area contributed by atoms with E-state index in [1.165, 1.54) is 16.7 Å². The van der Waals surface area contributed by atoms with Gasteiger partial charge in [-0.15, -0.1) is 0 Å². The first-order valence-corrected chi connectivity index (χ1v) is 15.3. The van der Waals surface area contributed by atoms with E-state index in [1.54, 1.807) is 22.8 Å². The minimum absolute atomic E-state index is 0.0178. The fraction of sp³-hybridized carbons (Fsp3) is 0.444. The minimum Gasteiger partial charge on any atom is -0.378 e. The number of thioether (sulfide) groups is 1. The van der Waals surface area contributed by atoms with Crippen LogP contribution in [0.4, 0.5) is 5.95 Å². The van der Waals surface area contributed by atoms with Crippen molar-refractivity contribution in [1.82, 2.24) is 19.6 Å². The van der Waals surface area contributed by atoms with Crippen molar-refractivity contribution in [2.45, 2.75) is 51.2 Å². The van der Waals surface area contributed by atoms with E-state index < -0.39 is 10.0 Å². The Balaban J connectivity index is 1.20. The zero-order chi connectivity index (χ0) is 26.9. The van der Waals surface area contributed by atoms with Crippen molar-refractivity contribution < 1.29 is 8.42 Å². The van der Waals surface area contributed by atoms with Crippen LogP contribution in [0.5, 0.6) is 0 Å². The molecule has 11 heteroatoms. The van der Waals surface area contributed by atoms with Gasteiger partial charge in [-0.2, -0.15) is 4.31 Å². The number of anilines is 1. The molecule has 4 aliphatic rings. The summed E-state index contributed by atoms with van der Waals surface area (Å²) in [6, 6.07) is -0.122. The van der Waals surface area contributed by atoms with Crippen LogP contribution >= 0.6 is 11.8 Å². The number of fused-ring (bicyclic) bond motifs is 1. The number of nitrogens with zero attached hydrogens (tertiary/aromatic N) is 4. The van der Waals surface area contributed by atoms with Crippen LogP contribution in [0.1, 0.15) is 39.2 Å². The number of allylic oxidation sites excluding steroid dienone is 4. The Morgan fingerprint density at radius 3 is 2.84 bits per heavy atom. The highest BCUT2D eigenvalue weighted by atomic mass is 32.2. The molecule has 4 unspecified atom stereocenters. The number of sulfonamides is 1.